The van der Waals surface area contributed by atoms with E-state index in [1.165, 1.54) is 12.1 Å². The van der Waals surface area contributed by atoms with E-state index in [1.807, 2.05) is 10.6 Å². The first-order valence-corrected chi connectivity index (χ1v) is 6.73. The number of esters is 1. The Morgan fingerprint density at radius 1 is 1.04 bits per heavy atom. The Kier molecular flexibility index (Phi) is 4.40. The predicted octanol–water partition coefficient (Wildman–Crippen LogP) is -1.31. The molecule has 0 aromatic heterocycles. The summed E-state index contributed by atoms with van der Waals surface area (Å²) in [6.45, 7) is -4.25. The molecule has 2 unspecified atom stereocenters. The van der Waals surface area contributed by atoms with Crippen LogP contribution in [0.25, 0.3) is 0 Å². The number of benzene rings is 1. The molecule has 1 aliphatic rings. The minimum absolute atomic E-state index is 0.167. The number of rotatable bonds is 6. The summed E-state index contributed by atoms with van der Waals surface area (Å²) in [7, 11) is 1.03. The molecule has 1 aromatic rings. The summed E-state index contributed by atoms with van der Waals surface area (Å²) in [4.78, 5) is 59.6. The van der Waals surface area contributed by atoms with Crippen LogP contribution in [0.3, 0.4) is 0 Å². The monoisotopic (exact) mass is 335 g/mol. The average molecular weight is 335 g/mol. The molecule has 0 saturated heterocycles. The van der Waals surface area contributed by atoms with Crippen molar-refractivity contribution < 1.29 is 31.5 Å². The van der Waals surface area contributed by atoms with Crippen molar-refractivity contribution >= 4 is 29.6 Å². The van der Waals surface area contributed by atoms with Crippen LogP contribution >= 0.6 is 0 Å². The smallest absolute Gasteiger partial charge is 0.325 e. The van der Waals surface area contributed by atoms with Gasteiger partial charge in [0.1, 0.15) is 13.1 Å². The number of nitrogens with zero attached hydrogens (tertiary/aromatic N) is 1. The normalized spacial score (nSPS) is 16.5. The first-order valence-electron chi connectivity index (χ1n) is 7.89. The van der Waals surface area contributed by atoms with Gasteiger partial charge in [-0.15, -0.1) is 0 Å². The van der Waals surface area contributed by atoms with E-state index in [-0.39, 0.29) is 11.1 Å². The molecule has 0 radical (unpaired) electrons. The Balaban J connectivity index is 1.93. The lowest BCUT2D eigenvalue weighted by atomic mass is 10.1. The molecule has 1 heterocycles. The van der Waals surface area contributed by atoms with Crippen LogP contribution < -0.4 is 10.6 Å². The lowest BCUT2D eigenvalue weighted by Crippen LogP contribution is -2.44. The largest absolute Gasteiger partial charge is 0.468 e. The number of fused-ring (bicyclic) bond motifs is 1. The fourth-order valence-electron chi connectivity index (χ4n) is 1.95. The Morgan fingerprint density at radius 3 is 2.12 bits per heavy atom. The van der Waals surface area contributed by atoms with E-state index < -0.39 is 49.2 Å². The SMILES string of the molecule is [2H]C(NC(=O)CN1C(=O)c2ccccc2C1=O)C(=O)NC([2H])C(=O)OC. The van der Waals surface area contributed by atoms with E-state index in [4.69, 9.17) is 2.74 Å². The highest BCUT2D eigenvalue weighted by Crippen LogP contribution is 2.21. The summed E-state index contributed by atoms with van der Waals surface area (Å²) in [6.07, 6.45) is 0. The van der Waals surface area contributed by atoms with Crippen molar-refractivity contribution in [3.8, 4) is 0 Å². The summed E-state index contributed by atoms with van der Waals surface area (Å²) in [5.74, 6) is -4.38. The van der Waals surface area contributed by atoms with Gasteiger partial charge in [-0.05, 0) is 12.1 Å². The van der Waals surface area contributed by atoms with Crippen LogP contribution in [0, 0.1) is 0 Å². The minimum atomic E-state index is -1.84. The molecule has 2 rings (SSSR count). The number of carbonyl (C=O) groups excluding carboxylic acids is 5. The fraction of sp³-hybridized carbons (Fsp3) is 0.267. The molecule has 0 spiro atoms. The quantitative estimate of drug-likeness (QED) is 0.492. The Morgan fingerprint density at radius 2 is 1.58 bits per heavy atom. The zero-order valence-corrected chi connectivity index (χ0v) is 12.6. The van der Waals surface area contributed by atoms with Crippen LogP contribution in [0.15, 0.2) is 24.3 Å². The molecule has 126 valence electrons. The molecule has 4 amide bonds. The molecule has 24 heavy (non-hydrogen) atoms. The van der Waals surface area contributed by atoms with Gasteiger partial charge in [-0.2, -0.15) is 0 Å². The zero-order valence-electron chi connectivity index (χ0n) is 14.6. The number of imide groups is 1. The molecule has 1 aliphatic heterocycles. The van der Waals surface area contributed by atoms with Gasteiger partial charge in [-0.3, -0.25) is 28.9 Å². The molecule has 9 heteroatoms. The Labute approximate surface area is 139 Å². The molecule has 0 bridgehead atoms. The number of amides is 4. The maximum atomic E-state index is 12.1. The van der Waals surface area contributed by atoms with Gasteiger partial charge >= 0.3 is 5.97 Å². The summed E-state index contributed by atoms with van der Waals surface area (Å²) < 4.78 is 19.1. The maximum absolute atomic E-state index is 12.1. The molecular weight excluding hydrogens is 318 g/mol. The fourth-order valence-corrected chi connectivity index (χ4v) is 1.95. The highest BCUT2D eigenvalue weighted by atomic mass is 16.5. The highest BCUT2D eigenvalue weighted by Gasteiger charge is 2.36. The number of nitrogens with one attached hydrogen (secondary N) is 2. The van der Waals surface area contributed by atoms with Crippen molar-refractivity contribution in [2.45, 2.75) is 0 Å². The van der Waals surface area contributed by atoms with Crippen molar-refractivity contribution in [3.63, 3.8) is 0 Å². The van der Waals surface area contributed by atoms with Crippen molar-refractivity contribution in [2.75, 3.05) is 26.7 Å². The number of ether oxygens (including phenoxy) is 1. The zero-order chi connectivity index (χ0) is 19.4. The van der Waals surface area contributed by atoms with E-state index in [9.17, 15) is 24.0 Å². The summed E-state index contributed by atoms with van der Waals surface area (Å²) >= 11 is 0. The molecule has 0 saturated carbocycles. The number of methoxy groups -OCH3 is 1. The molecule has 0 fully saturated rings. The number of carbonyl (C=O) groups is 5. The minimum Gasteiger partial charge on any atom is -0.468 e. The summed E-state index contributed by atoms with van der Waals surface area (Å²) in [5.41, 5.74) is 0.334. The third-order valence-electron chi connectivity index (χ3n) is 3.08. The topological polar surface area (TPSA) is 122 Å². The standard InChI is InChI=1S/C15H15N3O6/c1-24-13(21)7-17-11(19)6-16-12(20)8-18-14(22)9-4-2-3-5-10(9)15(18)23/h2-5H,6-8H2,1H3,(H,16,20)(H,17,19)/i6D,7D. The van der Waals surface area contributed by atoms with E-state index in [2.05, 4.69) is 4.74 Å². The second kappa shape index (κ2) is 7.36. The van der Waals surface area contributed by atoms with E-state index in [0.717, 1.165) is 7.11 Å². The molecule has 2 N–H and O–H groups in total. The Bertz CT molecular complexity index is 749. The van der Waals surface area contributed by atoms with Gasteiger partial charge in [0.05, 0.1) is 27.5 Å². The highest BCUT2D eigenvalue weighted by molar-refractivity contribution is 6.22. The average Bonchev–Trinajstić information content (AvgIpc) is 2.86. The second-order valence-corrected chi connectivity index (χ2v) is 4.63. The molecular formula is C15H15N3O6. The van der Waals surface area contributed by atoms with Gasteiger partial charge in [-0.1, -0.05) is 12.1 Å². The van der Waals surface area contributed by atoms with Crippen molar-refractivity contribution in [2.24, 2.45) is 0 Å². The van der Waals surface area contributed by atoms with Gasteiger partial charge in [0, 0.05) is 0 Å². The maximum Gasteiger partial charge on any atom is 0.325 e. The van der Waals surface area contributed by atoms with Crippen LogP contribution in [-0.2, 0) is 19.1 Å². The molecule has 2 atom stereocenters. The van der Waals surface area contributed by atoms with Gasteiger partial charge in [0.25, 0.3) is 11.8 Å². The van der Waals surface area contributed by atoms with Gasteiger partial charge < -0.3 is 15.4 Å². The lowest BCUT2D eigenvalue weighted by Gasteiger charge is -2.13. The third-order valence-corrected chi connectivity index (χ3v) is 3.08. The van der Waals surface area contributed by atoms with Gasteiger partial charge in [0.15, 0.2) is 0 Å². The first-order chi connectivity index (χ1) is 12.3. The van der Waals surface area contributed by atoms with Crippen LogP contribution in [0.2, 0.25) is 0 Å². The number of hydrogen-bond acceptors (Lipinski definition) is 6. The van der Waals surface area contributed by atoms with Crippen LogP contribution in [0.5, 0.6) is 0 Å². The van der Waals surface area contributed by atoms with Crippen molar-refractivity contribution in [3.05, 3.63) is 35.4 Å². The van der Waals surface area contributed by atoms with Crippen LogP contribution in [0.4, 0.5) is 0 Å². The second-order valence-electron chi connectivity index (χ2n) is 4.63. The van der Waals surface area contributed by atoms with E-state index in [0.29, 0.717) is 4.90 Å². The Hall–Kier alpha value is -3.23. The van der Waals surface area contributed by atoms with Crippen molar-refractivity contribution in [1.82, 2.24) is 15.5 Å². The lowest BCUT2D eigenvalue weighted by molar-refractivity contribution is -0.141. The summed E-state index contributed by atoms with van der Waals surface area (Å²) in [5, 5.41) is 3.84. The third kappa shape index (κ3) is 3.75. The van der Waals surface area contributed by atoms with Gasteiger partial charge in [-0.25, -0.2) is 0 Å². The van der Waals surface area contributed by atoms with Crippen LogP contribution in [0.1, 0.15) is 23.5 Å². The summed E-state index contributed by atoms with van der Waals surface area (Å²) in [6, 6.07) is 6.07. The van der Waals surface area contributed by atoms with E-state index >= 15 is 0 Å². The predicted molar refractivity (Wildman–Crippen MR) is 79.8 cm³/mol. The molecule has 9 nitrogen and oxygen atoms in total. The molecule has 0 aliphatic carbocycles. The van der Waals surface area contributed by atoms with Crippen molar-refractivity contribution in [1.29, 1.82) is 0 Å². The molecule has 1 aromatic carbocycles. The number of hydrogen-bond donors (Lipinski definition) is 2. The first kappa shape index (κ1) is 14.4. The van der Waals surface area contributed by atoms with E-state index in [1.54, 1.807) is 12.1 Å². The van der Waals surface area contributed by atoms with Gasteiger partial charge in [0.2, 0.25) is 11.8 Å². The van der Waals surface area contributed by atoms with Crippen LogP contribution in [-0.4, -0.2) is 61.2 Å².